The summed E-state index contributed by atoms with van der Waals surface area (Å²) in [6.45, 7) is 4.21. The molecule has 0 aliphatic rings. The van der Waals surface area contributed by atoms with Gasteiger partial charge < -0.3 is 10.4 Å². The predicted octanol–water partition coefficient (Wildman–Crippen LogP) is 3.19. The van der Waals surface area contributed by atoms with Gasteiger partial charge in [0.2, 0.25) is 0 Å². The zero-order chi connectivity index (χ0) is 17.1. The molecule has 2 aromatic carbocycles. The summed E-state index contributed by atoms with van der Waals surface area (Å²) in [5, 5.41) is 20.7. The van der Waals surface area contributed by atoms with Gasteiger partial charge in [0, 0.05) is 5.69 Å². The topological polar surface area (TPSA) is 80.0 Å². The van der Waals surface area contributed by atoms with Gasteiger partial charge in [-0.05, 0) is 43.2 Å². The Bertz CT molecular complexity index is 872. The van der Waals surface area contributed by atoms with E-state index in [2.05, 4.69) is 15.6 Å². The number of aromatic carboxylic acids is 1. The number of benzene rings is 2. The number of para-hydroxylation sites is 1. The van der Waals surface area contributed by atoms with Crippen molar-refractivity contribution in [1.29, 1.82) is 0 Å². The molecule has 2 N–H and O–H groups in total. The summed E-state index contributed by atoms with van der Waals surface area (Å²) in [5.74, 6) is -0.925. The maximum absolute atomic E-state index is 11.3. The monoisotopic (exact) mass is 322 g/mol. The van der Waals surface area contributed by atoms with Crippen molar-refractivity contribution in [2.75, 3.05) is 5.32 Å². The third kappa shape index (κ3) is 3.27. The van der Waals surface area contributed by atoms with Gasteiger partial charge in [-0.15, -0.1) is 5.10 Å². The molecular weight excluding hydrogens is 304 g/mol. The van der Waals surface area contributed by atoms with Gasteiger partial charge in [0.25, 0.3) is 0 Å². The van der Waals surface area contributed by atoms with Crippen LogP contribution in [0, 0.1) is 13.8 Å². The van der Waals surface area contributed by atoms with Crippen molar-refractivity contribution in [1.82, 2.24) is 15.0 Å². The third-order valence-electron chi connectivity index (χ3n) is 3.82. The Balaban J connectivity index is 1.76. The zero-order valence-corrected chi connectivity index (χ0v) is 13.5. The van der Waals surface area contributed by atoms with Gasteiger partial charge >= 0.3 is 5.97 Å². The van der Waals surface area contributed by atoms with Gasteiger partial charge in [-0.2, -0.15) is 0 Å². The second-order valence-corrected chi connectivity index (χ2v) is 5.63. The number of rotatable bonds is 5. The second-order valence-electron chi connectivity index (χ2n) is 5.63. The van der Waals surface area contributed by atoms with Crippen LogP contribution in [0.25, 0.3) is 5.69 Å². The smallest absolute Gasteiger partial charge is 0.336 e. The fraction of sp³-hybridized carbons (Fsp3) is 0.167. The molecule has 0 spiro atoms. The highest BCUT2D eigenvalue weighted by atomic mass is 16.4. The molecule has 0 atom stereocenters. The van der Waals surface area contributed by atoms with E-state index in [1.807, 2.05) is 49.5 Å². The standard InChI is InChI=1S/C18H18N4O2/c1-12-8-13(2)17(9-16(12)18(23)24)19-10-14-11-22(21-20-14)15-6-4-3-5-7-15/h3-9,11,19H,10H2,1-2H3,(H,23,24). The fourth-order valence-electron chi connectivity index (χ4n) is 2.55. The molecule has 122 valence electrons. The second kappa shape index (κ2) is 6.54. The Hall–Kier alpha value is -3.15. The molecule has 0 fully saturated rings. The van der Waals surface area contributed by atoms with Crippen molar-refractivity contribution in [2.45, 2.75) is 20.4 Å². The van der Waals surface area contributed by atoms with Gasteiger partial charge in [0.05, 0.1) is 24.0 Å². The SMILES string of the molecule is Cc1cc(C)c(C(=O)O)cc1NCc1cn(-c2ccccc2)nn1. The van der Waals surface area contributed by atoms with Crippen molar-refractivity contribution < 1.29 is 9.90 Å². The lowest BCUT2D eigenvalue weighted by Gasteiger charge is -2.11. The molecule has 0 aliphatic carbocycles. The van der Waals surface area contributed by atoms with Crippen LogP contribution in [0.3, 0.4) is 0 Å². The zero-order valence-electron chi connectivity index (χ0n) is 13.5. The number of carbonyl (C=O) groups is 1. The molecule has 24 heavy (non-hydrogen) atoms. The molecule has 3 aromatic rings. The Morgan fingerprint density at radius 3 is 2.62 bits per heavy atom. The third-order valence-corrected chi connectivity index (χ3v) is 3.82. The van der Waals surface area contributed by atoms with Crippen LogP contribution in [0.2, 0.25) is 0 Å². The number of nitrogens with one attached hydrogen (secondary N) is 1. The lowest BCUT2D eigenvalue weighted by molar-refractivity contribution is 0.0696. The first-order valence-electron chi connectivity index (χ1n) is 7.59. The summed E-state index contributed by atoms with van der Waals surface area (Å²) in [7, 11) is 0. The highest BCUT2D eigenvalue weighted by Crippen LogP contribution is 2.21. The maximum Gasteiger partial charge on any atom is 0.336 e. The molecule has 0 unspecified atom stereocenters. The van der Waals surface area contributed by atoms with Crippen molar-refractivity contribution in [3.63, 3.8) is 0 Å². The number of nitrogens with zero attached hydrogens (tertiary/aromatic N) is 3. The fourth-order valence-corrected chi connectivity index (χ4v) is 2.55. The van der Waals surface area contributed by atoms with Gasteiger partial charge in [-0.3, -0.25) is 0 Å². The van der Waals surface area contributed by atoms with E-state index in [1.165, 1.54) is 0 Å². The van der Waals surface area contributed by atoms with Gasteiger partial charge in [0.15, 0.2) is 0 Å². The Morgan fingerprint density at radius 1 is 1.17 bits per heavy atom. The molecule has 6 nitrogen and oxygen atoms in total. The summed E-state index contributed by atoms with van der Waals surface area (Å²) in [6, 6.07) is 13.3. The number of anilines is 1. The first-order valence-corrected chi connectivity index (χ1v) is 7.59. The summed E-state index contributed by atoms with van der Waals surface area (Å²) < 4.78 is 1.71. The van der Waals surface area contributed by atoms with E-state index in [0.29, 0.717) is 12.1 Å². The molecule has 0 radical (unpaired) electrons. The first kappa shape index (κ1) is 15.7. The van der Waals surface area contributed by atoms with Crippen LogP contribution in [-0.2, 0) is 6.54 Å². The van der Waals surface area contributed by atoms with Crippen LogP contribution in [-0.4, -0.2) is 26.1 Å². The van der Waals surface area contributed by atoms with Crippen molar-refractivity contribution in [2.24, 2.45) is 0 Å². The van der Waals surface area contributed by atoms with Crippen LogP contribution >= 0.6 is 0 Å². The van der Waals surface area contributed by atoms with Gasteiger partial charge in [-0.1, -0.05) is 29.5 Å². The van der Waals surface area contributed by atoms with Crippen LogP contribution in [0.5, 0.6) is 0 Å². The van der Waals surface area contributed by atoms with E-state index in [4.69, 9.17) is 0 Å². The van der Waals surface area contributed by atoms with Crippen molar-refractivity contribution >= 4 is 11.7 Å². The normalized spacial score (nSPS) is 10.6. The summed E-state index contributed by atoms with van der Waals surface area (Å²) >= 11 is 0. The van der Waals surface area contributed by atoms with Crippen molar-refractivity contribution in [3.8, 4) is 5.69 Å². The molecule has 0 amide bonds. The number of carboxylic acid groups (broad SMARTS) is 1. The largest absolute Gasteiger partial charge is 0.478 e. The van der Waals surface area contributed by atoms with Crippen LogP contribution in [0.15, 0.2) is 48.7 Å². The van der Waals surface area contributed by atoms with Crippen LogP contribution in [0.1, 0.15) is 27.2 Å². The van der Waals surface area contributed by atoms with Crippen molar-refractivity contribution in [3.05, 3.63) is 71.0 Å². The minimum atomic E-state index is -0.925. The number of hydrogen-bond acceptors (Lipinski definition) is 4. The van der Waals surface area contributed by atoms with Crippen LogP contribution < -0.4 is 5.32 Å². The van der Waals surface area contributed by atoms with E-state index < -0.39 is 5.97 Å². The molecule has 0 aliphatic heterocycles. The van der Waals surface area contributed by atoms with E-state index in [-0.39, 0.29) is 0 Å². The summed E-state index contributed by atoms with van der Waals surface area (Å²) in [5.41, 5.74) is 4.54. The Kier molecular flexibility index (Phi) is 4.29. The molecule has 1 heterocycles. The van der Waals surface area contributed by atoms with E-state index >= 15 is 0 Å². The van der Waals surface area contributed by atoms with Gasteiger partial charge in [0.1, 0.15) is 5.69 Å². The molecule has 0 saturated carbocycles. The molecule has 1 aromatic heterocycles. The Labute approximate surface area is 139 Å². The first-order chi connectivity index (χ1) is 11.5. The molecule has 6 heteroatoms. The van der Waals surface area contributed by atoms with E-state index in [1.54, 1.807) is 17.7 Å². The average molecular weight is 322 g/mol. The number of aryl methyl sites for hydroxylation is 2. The molecule has 0 bridgehead atoms. The highest BCUT2D eigenvalue weighted by molar-refractivity contribution is 5.91. The molecule has 0 saturated heterocycles. The Morgan fingerprint density at radius 2 is 1.92 bits per heavy atom. The van der Waals surface area contributed by atoms with Crippen LogP contribution in [0.4, 0.5) is 5.69 Å². The highest BCUT2D eigenvalue weighted by Gasteiger charge is 2.11. The maximum atomic E-state index is 11.3. The lowest BCUT2D eigenvalue weighted by atomic mass is 10.0. The van der Waals surface area contributed by atoms with E-state index in [0.717, 1.165) is 28.2 Å². The minimum Gasteiger partial charge on any atom is -0.478 e. The summed E-state index contributed by atoms with van der Waals surface area (Å²) in [6.07, 6.45) is 1.85. The minimum absolute atomic E-state index is 0.302. The van der Waals surface area contributed by atoms with E-state index in [9.17, 15) is 9.90 Å². The van der Waals surface area contributed by atoms with Gasteiger partial charge in [-0.25, -0.2) is 9.48 Å². The molecule has 3 rings (SSSR count). The molecular formula is C18H18N4O2. The predicted molar refractivity (Wildman–Crippen MR) is 91.6 cm³/mol. The summed E-state index contributed by atoms with van der Waals surface area (Å²) in [4.78, 5) is 11.3. The average Bonchev–Trinajstić information content (AvgIpc) is 3.03. The quantitative estimate of drug-likeness (QED) is 0.754. The number of aromatic nitrogens is 3. The number of carboxylic acids is 1. The number of hydrogen-bond donors (Lipinski definition) is 2. The lowest BCUT2D eigenvalue weighted by Crippen LogP contribution is -2.06.